The maximum atomic E-state index is 7.52. The summed E-state index contributed by atoms with van der Waals surface area (Å²) in [4.78, 5) is 0. The highest BCUT2D eigenvalue weighted by Gasteiger charge is 2.08. The van der Waals surface area contributed by atoms with E-state index in [9.17, 15) is 0 Å². The highest BCUT2D eigenvalue weighted by molar-refractivity contribution is 5.97. The summed E-state index contributed by atoms with van der Waals surface area (Å²) in [6, 6.07) is 5.55. The number of aromatic nitrogens is 2. The van der Waals surface area contributed by atoms with Crippen LogP contribution in [0.4, 0.5) is 0 Å². The van der Waals surface area contributed by atoms with Gasteiger partial charge in [0.2, 0.25) is 0 Å². The standard InChI is InChI=1S/C12H14N4O/c1-8-3-4-11(10(5-8)12(13)14)17-9-6-15-16(2)7-9/h3-7H,1-2H3,(H3,13,14). The SMILES string of the molecule is Cc1ccc(Oc2cnn(C)c2)c(C(=N)N)c1. The maximum absolute atomic E-state index is 7.52. The molecule has 0 aliphatic carbocycles. The van der Waals surface area contributed by atoms with Crippen molar-refractivity contribution in [2.45, 2.75) is 6.92 Å². The minimum absolute atomic E-state index is 0.00686. The second-order valence-electron chi connectivity index (χ2n) is 3.87. The normalized spacial score (nSPS) is 10.2. The molecule has 0 spiro atoms. The molecule has 5 nitrogen and oxygen atoms in total. The maximum Gasteiger partial charge on any atom is 0.165 e. The van der Waals surface area contributed by atoms with E-state index in [0.29, 0.717) is 17.1 Å². The van der Waals surface area contributed by atoms with Gasteiger partial charge >= 0.3 is 0 Å². The molecule has 1 heterocycles. The molecule has 88 valence electrons. The second-order valence-corrected chi connectivity index (χ2v) is 3.87. The van der Waals surface area contributed by atoms with Gasteiger partial charge < -0.3 is 10.5 Å². The molecule has 0 unspecified atom stereocenters. The zero-order chi connectivity index (χ0) is 12.4. The number of rotatable bonds is 3. The Morgan fingerprint density at radius 1 is 1.47 bits per heavy atom. The van der Waals surface area contributed by atoms with Crippen molar-refractivity contribution in [1.82, 2.24) is 9.78 Å². The van der Waals surface area contributed by atoms with Crippen molar-refractivity contribution in [3.63, 3.8) is 0 Å². The Morgan fingerprint density at radius 2 is 2.24 bits per heavy atom. The number of hydrogen-bond donors (Lipinski definition) is 2. The first-order chi connectivity index (χ1) is 8.06. The summed E-state index contributed by atoms with van der Waals surface area (Å²) in [5.41, 5.74) is 7.15. The van der Waals surface area contributed by atoms with Gasteiger partial charge in [0, 0.05) is 7.05 Å². The second kappa shape index (κ2) is 4.29. The zero-order valence-electron chi connectivity index (χ0n) is 9.77. The molecule has 0 bridgehead atoms. The van der Waals surface area contributed by atoms with Crippen molar-refractivity contribution >= 4 is 5.84 Å². The topological polar surface area (TPSA) is 76.9 Å². The van der Waals surface area contributed by atoms with E-state index < -0.39 is 0 Å². The molecule has 17 heavy (non-hydrogen) atoms. The van der Waals surface area contributed by atoms with Crippen LogP contribution in [0.2, 0.25) is 0 Å². The number of aryl methyl sites for hydroxylation is 2. The fourth-order valence-corrected chi connectivity index (χ4v) is 1.52. The third kappa shape index (κ3) is 2.44. The molecule has 1 aromatic heterocycles. The average Bonchev–Trinajstić information content (AvgIpc) is 2.66. The van der Waals surface area contributed by atoms with E-state index >= 15 is 0 Å². The van der Waals surface area contributed by atoms with Crippen molar-refractivity contribution in [2.24, 2.45) is 12.8 Å². The van der Waals surface area contributed by atoms with Crippen LogP contribution in [-0.4, -0.2) is 15.6 Å². The smallest absolute Gasteiger partial charge is 0.165 e. The molecular weight excluding hydrogens is 216 g/mol. The fraction of sp³-hybridized carbons (Fsp3) is 0.167. The Bertz CT molecular complexity index is 559. The van der Waals surface area contributed by atoms with Crippen molar-refractivity contribution in [3.05, 3.63) is 41.7 Å². The van der Waals surface area contributed by atoms with Crippen LogP contribution in [-0.2, 0) is 7.05 Å². The predicted molar refractivity (Wildman–Crippen MR) is 65.5 cm³/mol. The quantitative estimate of drug-likeness (QED) is 0.623. The van der Waals surface area contributed by atoms with E-state index in [4.69, 9.17) is 15.9 Å². The molecule has 0 aliphatic heterocycles. The number of amidine groups is 1. The summed E-state index contributed by atoms with van der Waals surface area (Å²) in [7, 11) is 1.81. The van der Waals surface area contributed by atoms with E-state index in [2.05, 4.69) is 5.10 Å². The van der Waals surface area contributed by atoms with Crippen molar-refractivity contribution in [2.75, 3.05) is 0 Å². The predicted octanol–water partition coefficient (Wildman–Crippen LogP) is 1.80. The van der Waals surface area contributed by atoms with Crippen molar-refractivity contribution in [1.29, 1.82) is 5.41 Å². The first kappa shape index (κ1) is 11.2. The lowest BCUT2D eigenvalue weighted by Crippen LogP contribution is -2.12. The van der Waals surface area contributed by atoms with Crippen LogP contribution in [0, 0.1) is 12.3 Å². The first-order valence-electron chi connectivity index (χ1n) is 5.18. The van der Waals surface area contributed by atoms with Gasteiger partial charge in [0.25, 0.3) is 0 Å². The van der Waals surface area contributed by atoms with Gasteiger partial charge in [0.1, 0.15) is 11.6 Å². The molecule has 2 aromatic rings. The summed E-state index contributed by atoms with van der Waals surface area (Å²) in [5, 5.41) is 11.5. The molecule has 1 aromatic carbocycles. The third-order valence-electron chi connectivity index (χ3n) is 2.33. The van der Waals surface area contributed by atoms with Gasteiger partial charge in [-0.05, 0) is 19.1 Å². The first-order valence-corrected chi connectivity index (χ1v) is 5.18. The minimum Gasteiger partial charge on any atom is -0.453 e. The van der Waals surface area contributed by atoms with Crippen LogP contribution in [0.15, 0.2) is 30.6 Å². The number of benzene rings is 1. The molecule has 0 amide bonds. The average molecular weight is 230 g/mol. The Labute approximate surface area is 99.3 Å². The Kier molecular flexibility index (Phi) is 2.82. The van der Waals surface area contributed by atoms with Gasteiger partial charge in [-0.2, -0.15) is 5.10 Å². The number of hydrogen-bond acceptors (Lipinski definition) is 3. The van der Waals surface area contributed by atoms with Crippen LogP contribution < -0.4 is 10.5 Å². The highest BCUT2D eigenvalue weighted by Crippen LogP contribution is 2.25. The summed E-state index contributed by atoms with van der Waals surface area (Å²) >= 11 is 0. The van der Waals surface area contributed by atoms with E-state index in [1.807, 2.05) is 26.1 Å². The molecule has 5 heteroatoms. The zero-order valence-corrected chi connectivity index (χ0v) is 9.77. The molecule has 0 radical (unpaired) electrons. The Balaban J connectivity index is 2.35. The minimum atomic E-state index is -0.00686. The van der Waals surface area contributed by atoms with Gasteiger partial charge in [-0.3, -0.25) is 10.1 Å². The van der Waals surface area contributed by atoms with Gasteiger partial charge in [0.05, 0.1) is 18.0 Å². The Hall–Kier alpha value is -2.30. The lowest BCUT2D eigenvalue weighted by molar-refractivity contribution is 0.480. The molecule has 2 rings (SSSR count). The van der Waals surface area contributed by atoms with Gasteiger partial charge in [-0.15, -0.1) is 0 Å². The van der Waals surface area contributed by atoms with Crippen LogP contribution in [0.3, 0.4) is 0 Å². The van der Waals surface area contributed by atoms with Crippen molar-refractivity contribution < 1.29 is 4.74 Å². The monoisotopic (exact) mass is 230 g/mol. The highest BCUT2D eigenvalue weighted by atomic mass is 16.5. The molecular formula is C12H14N4O. The van der Waals surface area contributed by atoms with E-state index in [-0.39, 0.29) is 5.84 Å². The summed E-state index contributed by atoms with van der Waals surface area (Å²) in [5.74, 6) is 1.18. The summed E-state index contributed by atoms with van der Waals surface area (Å²) < 4.78 is 7.29. The Morgan fingerprint density at radius 3 is 2.82 bits per heavy atom. The molecule has 3 N–H and O–H groups in total. The number of nitrogens with zero attached hydrogens (tertiary/aromatic N) is 2. The largest absolute Gasteiger partial charge is 0.453 e. The van der Waals surface area contributed by atoms with Gasteiger partial charge in [-0.1, -0.05) is 11.6 Å². The summed E-state index contributed by atoms with van der Waals surface area (Å²) in [6.45, 7) is 1.94. The van der Waals surface area contributed by atoms with E-state index in [1.165, 1.54) is 0 Å². The van der Waals surface area contributed by atoms with Crippen LogP contribution in [0.5, 0.6) is 11.5 Å². The van der Waals surface area contributed by atoms with Crippen LogP contribution >= 0.6 is 0 Å². The van der Waals surface area contributed by atoms with Gasteiger partial charge in [0.15, 0.2) is 5.75 Å². The number of nitrogens with two attached hydrogens (primary N) is 1. The lowest BCUT2D eigenvalue weighted by Gasteiger charge is -2.09. The third-order valence-corrected chi connectivity index (χ3v) is 2.33. The number of ether oxygens (including phenoxy) is 1. The van der Waals surface area contributed by atoms with Crippen molar-refractivity contribution in [3.8, 4) is 11.5 Å². The number of nitrogen functional groups attached to an aromatic ring is 1. The number of nitrogens with one attached hydrogen (secondary N) is 1. The molecule has 0 fully saturated rings. The van der Waals surface area contributed by atoms with Crippen LogP contribution in [0.25, 0.3) is 0 Å². The fourth-order valence-electron chi connectivity index (χ4n) is 1.52. The molecule has 0 saturated heterocycles. The van der Waals surface area contributed by atoms with E-state index in [0.717, 1.165) is 5.56 Å². The molecule has 0 saturated carbocycles. The molecule has 0 aliphatic rings. The molecule has 0 atom stereocenters. The van der Waals surface area contributed by atoms with E-state index in [1.54, 1.807) is 23.1 Å². The lowest BCUT2D eigenvalue weighted by atomic mass is 10.1. The van der Waals surface area contributed by atoms with Crippen LogP contribution in [0.1, 0.15) is 11.1 Å². The van der Waals surface area contributed by atoms with Gasteiger partial charge in [-0.25, -0.2) is 0 Å². The summed E-state index contributed by atoms with van der Waals surface area (Å²) in [6.07, 6.45) is 3.37.